The third kappa shape index (κ3) is 5.28. The number of hydrogen-bond donors (Lipinski definition) is 1. The van der Waals surface area contributed by atoms with Crippen LogP contribution in [0.15, 0.2) is 52.5 Å². The molecule has 0 radical (unpaired) electrons. The largest absolute Gasteiger partial charge is 0.351 e. The number of pyridine rings is 1. The highest BCUT2D eigenvalue weighted by Gasteiger charge is 2.19. The molecule has 4 rings (SSSR count). The van der Waals surface area contributed by atoms with E-state index in [2.05, 4.69) is 48.4 Å². The summed E-state index contributed by atoms with van der Waals surface area (Å²) in [5.74, 6) is 0.534. The van der Waals surface area contributed by atoms with E-state index in [1.165, 1.54) is 28.7 Å². The number of aromatic nitrogens is 3. The molecule has 0 saturated heterocycles. The second-order valence-electron chi connectivity index (χ2n) is 9.40. The second-order valence-corrected chi connectivity index (χ2v) is 11.3. The summed E-state index contributed by atoms with van der Waals surface area (Å²) in [5.41, 5.74) is 2.50. The fraction of sp³-hybridized carbons (Fsp3) is 0.360. The van der Waals surface area contributed by atoms with E-state index in [1.54, 1.807) is 10.8 Å². The number of nitrogens with zero attached hydrogens (tertiary/aromatic N) is 3. The van der Waals surface area contributed by atoms with E-state index < -0.39 is 0 Å². The third-order valence-corrected chi connectivity index (χ3v) is 7.22. The van der Waals surface area contributed by atoms with Crippen molar-refractivity contribution in [3.8, 4) is 0 Å². The summed E-state index contributed by atoms with van der Waals surface area (Å²) in [6, 6.07) is 12.1. The quantitative estimate of drug-likeness (QED) is 0.304. The van der Waals surface area contributed by atoms with Gasteiger partial charge in [0.15, 0.2) is 5.16 Å². The highest BCUT2D eigenvalue weighted by molar-refractivity contribution is 7.99. The maximum absolute atomic E-state index is 13.6. The lowest BCUT2D eigenvalue weighted by Crippen LogP contribution is -2.41. The molecule has 3 heterocycles. The SMILES string of the molecule is CC(C)c1ccc(Cn2c(SCC(=O)NC(C)(C)C)nc3c(sc4ncccc43)c2=O)cc1. The molecule has 4 aromatic rings. The molecular weight excluding hydrogens is 452 g/mol. The fourth-order valence-corrected chi connectivity index (χ4v) is 5.39. The van der Waals surface area contributed by atoms with Crippen LogP contribution in [-0.2, 0) is 11.3 Å². The van der Waals surface area contributed by atoms with Crippen molar-refractivity contribution in [2.75, 3.05) is 5.75 Å². The van der Waals surface area contributed by atoms with Crippen LogP contribution in [0.2, 0.25) is 0 Å². The average Bonchev–Trinajstić information content (AvgIpc) is 3.12. The Kier molecular flexibility index (Phi) is 6.59. The van der Waals surface area contributed by atoms with Gasteiger partial charge in [0, 0.05) is 17.1 Å². The molecule has 0 atom stereocenters. The zero-order valence-corrected chi connectivity index (χ0v) is 21.1. The lowest BCUT2D eigenvalue weighted by Gasteiger charge is -2.20. The standard InChI is InChI=1S/C25H28N4O2S2/c1-15(2)17-10-8-16(9-11-17)13-29-23(31)21-20(18-7-6-12-26-22(18)33-21)27-24(29)32-14-19(30)28-25(3,4)5/h6-12,15H,13-14H2,1-5H3,(H,28,30). The van der Waals surface area contributed by atoms with Crippen molar-refractivity contribution in [3.63, 3.8) is 0 Å². The number of thiophene rings is 1. The summed E-state index contributed by atoms with van der Waals surface area (Å²) in [7, 11) is 0. The van der Waals surface area contributed by atoms with Crippen molar-refractivity contribution >= 4 is 49.4 Å². The van der Waals surface area contributed by atoms with E-state index in [0.717, 1.165) is 15.8 Å². The van der Waals surface area contributed by atoms with Gasteiger partial charge in [-0.3, -0.25) is 14.2 Å². The van der Waals surface area contributed by atoms with Crippen molar-refractivity contribution in [1.82, 2.24) is 19.9 Å². The van der Waals surface area contributed by atoms with Gasteiger partial charge in [-0.2, -0.15) is 0 Å². The Bertz CT molecular complexity index is 1370. The molecular formula is C25H28N4O2S2. The van der Waals surface area contributed by atoms with Crippen molar-refractivity contribution in [1.29, 1.82) is 0 Å². The van der Waals surface area contributed by atoms with Crippen LogP contribution in [0.3, 0.4) is 0 Å². The first-order chi connectivity index (χ1) is 15.6. The molecule has 0 aliphatic rings. The summed E-state index contributed by atoms with van der Waals surface area (Å²) in [5, 5.41) is 4.37. The maximum atomic E-state index is 13.6. The van der Waals surface area contributed by atoms with Crippen molar-refractivity contribution in [2.24, 2.45) is 0 Å². The van der Waals surface area contributed by atoms with Crippen molar-refractivity contribution in [3.05, 3.63) is 64.1 Å². The lowest BCUT2D eigenvalue weighted by atomic mass is 10.0. The number of thioether (sulfide) groups is 1. The van der Waals surface area contributed by atoms with Crippen LogP contribution in [0.4, 0.5) is 0 Å². The Morgan fingerprint density at radius 1 is 1.18 bits per heavy atom. The van der Waals surface area contributed by atoms with Gasteiger partial charge >= 0.3 is 0 Å². The highest BCUT2D eigenvalue weighted by atomic mass is 32.2. The smallest absolute Gasteiger partial charge is 0.272 e. The first-order valence-electron chi connectivity index (χ1n) is 10.9. The molecule has 0 aliphatic heterocycles. The number of fused-ring (bicyclic) bond motifs is 3. The van der Waals surface area contributed by atoms with Gasteiger partial charge in [-0.05, 0) is 49.9 Å². The van der Waals surface area contributed by atoms with Gasteiger partial charge in [0.1, 0.15) is 9.53 Å². The third-order valence-electron chi connectivity index (χ3n) is 5.15. The number of carbonyl (C=O) groups is 1. The van der Waals surface area contributed by atoms with Gasteiger partial charge in [-0.1, -0.05) is 49.9 Å². The molecule has 8 heteroatoms. The minimum Gasteiger partial charge on any atom is -0.351 e. The van der Waals surface area contributed by atoms with Crippen LogP contribution < -0.4 is 10.9 Å². The molecule has 0 saturated carbocycles. The lowest BCUT2D eigenvalue weighted by molar-refractivity contribution is -0.119. The monoisotopic (exact) mass is 480 g/mol. The van der Waals surface area contributed by atoms with E-state index in [0.29, 0.717) is 27.8 Å². The van der Waals surface area contributed by atoms with Crippen LogP contribution in [0.25, 0.3) is 20.4 Å². The summed E-state index contributed by atoms with van der Waals surface area (Å²) >= 11 is 2.65. The minimum atomic E-state index is -0.317. The van der Waals surface area contributed by atoms with E-state index in [4.69, 9.17) is 4.98 Å². The van der Waals surface area contributed by atoms with Gasteiger partial charge in [0.2, 0.25) is 5.91 Å². The number of amides is 1. The predicted molar refractivity (Wildman–Crippen MR) is 137 cm³/mol. The van der Waals surface area contributed by atoms with E-state index in [-0.39, 0.29) is 22.8 Å². The van der Waals surface area contributed by atoms with Crippen molar-refractivity contribution in [2.45, 2.75) is 57.8 Å². The molecule has 172 valence electrons. The number of hydrogen-bond acceptors (Lipinski definition) is 6. The van der Waals surface area contributed by atoms with Crippen LogP contribution in [0, 0.1) is 0 Å². The zero-order chi connectivity index (χ0) is 23.8. The first-order valence-corrected chi connectivity index (χ1v) is 12.7. The topological polar surface area (TPSA) is 76.9 Å². The zero-order valence-electron chi connectivity index (χ0n) is 19.5. The molecule has 3 aromatic heterocycles. The fourth-order valence-electron chi connectivity index (χ4n) is 3.57. The number of carbonyl (C=O) groups excluding carboxylic acids is 1. The van der Waals surface area contributed by atoms with Gasteiger partial charge in [-0.15, -0.1) is 11.3 Å². The normalized spacial score (nSPS) is 12.1. The number of benzene rings is 1. The second kappa shape index (κ2) is 9.27. The van der Waals surface area contributed by atoms with E-state index >= 15 is 0 Å². The predicted octanol–water partition coefficient (Wildman–Crippen LogP) is 5.18. The molecule has 1 amide bonds. The Hall–Kier alpha value is -2.71. The molecule has 0 spiro atoms. The van der Waals surface area contributed by atoms with Crippen LogP contribution in [0.1, 0.15) is 51.7 Å². The van der Waals surface area contributed by atoms with Gasteiger partial charge in [0.25, 0.3) is 5.56 Å². The van der Waals surface area contributed by atoms with Gasteiger partial charge < -0.3 is 5.32 Å². The van der Waals surface area contributed by atoms with Crippen LogP contribution in [-0.4, -0.2) is 31.7 Å². The first kappa shape index (κ1) is 23.4. The summed E-state index contributed by atoms with van der Waals surface area (Å²) < 4.78 is 2.27. The van der Waals surface area contributed by atoms with Crippen molar-refractivity contribution < 1.29 is 4.79 Å². The summed E-state index contributed by atoms with van der Waals surface area (Å²) in [6.45, 7) is 10.5. The van der Waals surface area contributed by atoms with Gasteiger partial charge in [0.05, 0.1) is 17.8 Å². The van der Waals surface area contributed by atoms with Crippen LogP contribution >= 0.6 is 23.1 Å². The van der Waals surface area contributed by atoms with Gasteiger partial charge in [-0.25, -0.2) is 9.97 Å². The maximum Gasteiger partial charge on any atom is 0.272 e. The Labute approximate surface area is 201 Å². The Balaban J connectivity index is 1.76. The molecule has 0 bridgehead atoms. The van der Waals surface area contributed by atoms with E-state index in [9.17, 15) is 9.59 Å². The molecule has 0 fully saturated rings. The molecule has 1 aromatic carbocycles. The Morgan fingerprint density at radius 2 is 1.91 bits per heavy atom. The summed E-state index contributed by atoms with van der Waals surface area (Å²) in [6.07, 6.45) is 1.72. The molecule has 6 nitrogen and oxygen atoms in total. The number of rotatable bonds is 6. The summed E-state index contributed by atoms with van der Waals surface area (Å²) in [4.78, 5) is 36.1. The molecule has 0 aliphatic carbocycles. The number of nitrogens with one attached hydrogen (secondary N) is 1. The average molecular weight is 481 g/mol. The minimum absolute atomic E-state index is 0.0912. The molecule has 33 heavy (non-hydrogen) atoms. The Morgan fingerprint density at radius 3 is 2.58 bits per heavy atom. The molecule has 0 unspecified atom stereocenters. The molecule has 1 N–H and O–H groups in total. The van der Waals surface area contributed by atoms with E-state index in [1.807, 2.05) is 32.9 Å². The highest BCUT2D eigenvalue weighted by Crippen LogP contribution is 2.30. The van der Waals surface area contributed by atoms with Crippen LogP contribution in [0.5, 0.6) is 0 Å².